The number of carbonyl (C=O) groups is 2. The molecule has 1 aliphatic rings. The molecule has 2 heterocycles. The predicted octanol–water partition coefficient (Wildman–Crippen LogP) is 3.64. The average molecular weight is 573 g/mol. The number of nitriles is 1. The van der Waals surface area contributed by atoms with Crippen LogP contribution in [-0.4, -0.2) is 45.7 Å². The number of carbonyl (C=O) groups excluding carboxylic acids is 2. The van der Waals surface area contributed by atoms with Gasteiger partial charge >= 0.3 is 5.97 Å². The Morgan fingerprint density at radius 2 is 2.12 bits per heavy atom. The molecule has 1 aliphatic heterocycles. The van der Waals surface area contributed by atoms with Crippen LogP contribution in [0.4, 0.5) is 14.7 Å². The van der Waals surface area contributed by atoms with Gasteiger partial charge in [0.25, 0.3) is 0 Å². The fraction of sp³-hybridized carbons (Fsp3) is 0.545. The molecule has 1 aromatic heterocycles. The topological polar surface area (TPSA) is 100 Å². The molecular weight excluding hydrogens is 547 g/mol. The van der Waals surface area contributed by atoms with E-state index in [2.05, 4.69) is 10.3 Å². The summed E-state index contributed by atoms with van der Waals surface area (Å²) in [4.78, 5) is 30.5. The Kier molecular flexibility index (Phi) is 8.96. The molecular formula is C22H26F2IN5O3. The zero-order valence-electron chi connectivity index (χ0n) is 18.4. The third-order valence-electron chi connectivity index (χ3n) is 5.67. The largest absolute Gasteiger partial charge is 0.444 e. The summed E-state index contributed by atoms with van der Waals surface area (Å²) in [6.45, 7) is 3.48. The summed E-state index contributed by atoms with van der Waals surface area (Å²) in [5, 5.41) is 12.4. The lowest BCUT2D eigenvalue weighted by atomic mass is 9.95. The van der Waals surface area contributed by atoms with E-state index in [4.69, 9.17) is 4.74 Å². The van der Waals surface area contributed by atoms with Crippen LogP contribution in [0.25, 0.3) is 11.0 Å². The number of halogens is 3. The molecule has 0 unspecified atom stereocenters. The van der Waals surface area contributed by atoms with Crippen molar-refractivity contribution in [3.05, 3.63) is 23.3 Å². The zero-order chi connectivity index (χ0) is 24.0. The van der Waals surface area contributed by atoms with E-state index in [0.29, 0.717) is 6.42 Å². The number of ether oxygens (including phenoxy) is 1. The van der Waals surface area contributed by atoms with E-state index in [1.165, 1.54) is 4.57 Å². The van der Waals surface area contributed by atoms with Gasteiger partial charge in [-0.1, -0.05) is 35.9 Å². The van der Waals surface area contributed by atoms with Crippen molar-refractivity contribution >= 4 is 51.4 Å². The van der Waals surface area contributed by atoms with Crippen LogP contribution < -0.4 is 10.2 Å². The van der Waals surface area contributed by atoms with Crippen LogP contribution in [-0.2, 0) is 20.9 Å². The zero-order valence-corrected chi connectivity index (χ0v) is 20.5. The fourth-order valence-corrected chi connectivity index (χ4v) is 4.27. The minimum Gasteiger partial charge on any atom is -0.444 e. The first-order valence-electron chi connectivity index (χ1n) is 10.9. The maximum Gasteiger partial charge on any atom is 0.307 e. The van der Waals surface area contributed by atoms with Gasteiger partial charge in [0.05, 0.1) is 9.99 Å². The van der Waals surface area contributed by atoms with Crippen molar-refractivity contribution in [3.8, 4) is 6.07 Å². The average Bonchev–Trinajstić information content (AvgIpc) is 3.20. The summed E-state index contributed by atoms with van der Waals surface area (Å²) in [6, 6.07) is 2.44. The van der Waals surface area contributed by atoms with Gasteiger partial charge in [0.1, 0.15) is 17.1 Å². The number of hydrogen-bond acceptors (Lipinski definition) is 6. The number of esters is 1. The molecule has 0 aliphatic carbocycles. The van der Waals surface area contributed by atoms with Crippen LogP contribution in [0.2, 0.25) is 0 Å². The van der Waals surface area contributed by atoms with Crippen LogP contribution >= 0.6 is 22.6 Å². The number of aromatic nitrogens is 2. The minimum absolute atomic E-state index is 0.0114. The number of benzene rings is 1. The number of imidazole rings is 1. The number of fused-ring (bicyclic) bond motifs is 1. The summed E-state index contributed by atoms with van der Waals surface area (Å²) in [7, 11) is 0. The highest BCUT2D eigenvalue weighted by atomic mass is 127. The maximum absolute atomic E-state index is 15.0. The van der Waals surface area contributed by atoms with E-state index in [1.54, 1.807) is 6.07 Å². The third-order valence-corrected chi connectivity index (χ3v) is 6.32. The van der Waals surface area contributed by atoms with Crippen molar-refractivity contribution in [2.45, 2.75) is 45.6 Å². The van der Waals surface area contributed by atoms with Gasteiger partial charge in [0.2, 0.25) is 11.9 Å². The van der Waals surface area contributed by atoms with E-state index in [9.17, 15) is 19.2 Å². The number of nitrogens with zero attached hydrogens (tertiary/aromatic N) is 4. The fourth-order valence-electron chi connectivity index (χ4n) is 3.86. The molecule has 0 bridgehead atoms. The molecule has 0 saturated carbocycles. The van der Waals surface area contributed by atoms with E-state index in [1.807, 2.05) is 29.5 Å². The van der Waals surface area contributed by atoms with Crippen molar-refractivity contribution in [3.63, 3.8) is 0 Å². The number of nitrogens with one attached hydrogen (secondary N) is 1. The molecule has 11 heteroatoms. The lowest BCUT2D eigenvalue weighted by Crippen LogP contribution is -2.37. The predicted molar refractivity (Wildman–Crippen MR) is 127 cm³/mol. The number of rotatable bonds is 9. The smallest absolute Gasteiger partial charge is 0.307 e. The molecule has 0 atom stereocenters. The second-order valence-corrected chi connectivity index (χ2v) is 8.71. The summed E-state index contributed by atoms with van der Waals surface area (Å²) < 4.78 is 36.5. The van der Waals surface area contributed by atoms with Gasteiger partial charge in [0.15, 0.2) is 18.4 Å². The Bertz CT molecular complexity index is 1060. The van der Waals surface area contributed by atoms with Gasteiger partial charge in [-0.3, -0.25) is 9.59 Å². The van der Waals surface area contributed by atoms with Crippen LogP contribution in [0.3, 0.4) is 0 Å². The first-order chi connectivity index (χ1) is 15.9. The second-order valence-electron chi connectivity index (χ2n) is 7.94. The van der Waals surface area contributed by atoms with E-state index >= 15 is 4.39 Å². The first-order valence-corrected chi connectivity index (χ1v) is 12.4. The lowest BCUT2D eigenvalue weighted by Gasteiger charge is -2.24. The highest BCUT2D eigenvalue weighted by Gasteiger charge is 2.28. The number of hydrogen-bond donors (Lipinski definition) is 1. The van der Waals surface area contributed by atoms with Crippen LogP contribution in [0.1, 0.15) is 44.6 Å². The number of unbranched alkanes of at least 4 members (excludes halogenated alkanes) is 1. The number of amides is 1. The standard InChI is InChI=1S/C22H26F2IN5O3/c1-2-3-8-29-21-19(24)15(12-26)10-16(23)20(21)28-22(29)30(17(31)11-25)13-33-18(32)9-14-4-6-27-7-5-14/h10,14,27H,2-9,11,13H2,1H3. The Balaban J connectivity index is 1.95. The highest BCUT2D eigenvalue weighted by molar-refractivity contribution is 14.1. The Hall–Kier alpha value is -2.33. The monoisotopic (exact) mass is 573 g/mol. The van der Waals surface area contributed by atoms with Gasteiger partial charge in [-0.05, 0) is 44.3 Å². The molecule has 3 rings (SSSR count). The number of alkyl halides is 1. The molecule has 1 N–H and O–H groups in total. The summed E-state index contributed by atoms with van der Waals surface area (Å²) in [5.74, 6) is -2.40. The molecule has 0 spiro atoms. The van der Waals surface area contributed by atoms with Crippen LogP contribution in [0.15, 0.2) is 6.07 Å². The maximum atomic E-state index is 15.0. The lowest BCUT2D eigenvalue weighted by molar-refractivity contribution is -0.145. The van der Waals surface area contributed by atoms with Crippen LogP contribution in [0, 0.1) is 28.9 Å². The van der Waals surface area contributed by atoms with Crippen LogP contribution in [0.5, 0.6) is 0 Å². The van der Waals surface area contributed by atoms with Gasteiger partial charge in [0, 0.05) is 13.0 Å². The number of piperidine rings is 1. The van der Waals surface area contributed by atoms with Gasteiger partial charge in [-0.2, -0.15) is 5.26 Å². The summed E-state index contributed by atoms with van der Waals surface area (Å²) >= 11 is 1.87. The van der Waals surface area contributed by atoms with E-state index < -0.39 is 35.8 Å². The van der Waals surface area contributed by atoms with Crippen molar-refractivity contribution < 1.29 is 23.1 Å². The van der Waals surface area contributed by atoms with E-state index in [0.717, 1.165) is 43.3 Å². The minimum atomic E-state index is -0.895. The molecule has 1 aromatic carbocycles. The molecule has 2 aromatic rings. The normalized spacial score (nSPS) is 14.3. The molecule has 1 amide bonds. The Labute approximate surface area is 204 Å². The number of aryl methyl sites for hydroxylation is 1. The quantitative estimate of drug-likeness (QED) is 0.213. The molecule has 1 fully saturated rings. The van der Waals surface area contributed by atoms with Crippen molar-refractivity contribution in [2.24, 2.45) is 5.92 Å². The Morgan fingerprint density at radius 3 is 2.76 bits per heavy atom. The molecule has 0 radical (unpaired) electrons. The molecule has 178 valence electrons. The molecule has 1 saturated heterocycles. The molecule has 33 heavy (non-hydrogen) atoms. The van der Waals surface area contributed by atoms with Crippen molar-refractivity contribution in [1.82, 2.24) is 14.9 Å². The van der Waals surface area contributed by atoms with Gasteiger partial charge in [-0.25, -0.2) is 18.7 Å². The first kappa shape index (κ1) is 25.3. The van der Waals surface area contributed by atoms with Gasteiger partial charge < -0.3 is 14.6 Å². The van der Waals surface area contributed by atoms with E-state index in [-0.39, 0.29) is 40.3 Å². The Morgan fingerprint density at radius 1 is 1.39 bits per heavy atom. The summed E-state index contributed by atoms with van der Waals surface area (Å²) in [6.07, 6.45) is 3.36. The SMILES string of the molecule is CCCCn1c(N(COC(=O)CC2CCNCC2)C(=O)CI)nc2c(F)cc(C#N)c(F)c21. The van der Waals surface area contributed by atoms with Crippen molar-refractivity contribution in [2.75, 3.05) is 29.1 Å². The second kappa shape index (κ2) is 11.7. The van der Waals surface area contributed by atoms with Gasteiger partial charge in [-0.15, -0.1) is 0 Å². The molecule has 8 nitrogen and oxygen atoms in total. The third kappa shape index (κ3) is 5.78. The number of anilines is 1. The summed E-state index contributed by atoms with van der Waals surface area (Å²) in [5.41, 5.74) is -0.892. The highest BCUT2D eigenvalue weighted by Crippen LogP contribution is 2.30. The van der Waals surface area contributed by atoms with Crippen molar-refractivity contribution in [1.29, 1.82) is 5.26 Å².